The third kappa shape index (κ3) is 2.72. The van der Waals surface area contributed by atoms with Gasteiger partial charge in [0.1, 0.15) is 0 Å². The Hall–Kier alpha value is -1.23. The molecule has 0 saturated heterocycles. The molecule has 0 atom stereocenters. The number of para-hydroxylation sites is 1. The Bertz CT molecular complexity index is 505. The maximum absolute atomic E-state index is 11.5. The van der Waals surface area contributed by atoms with Gasteiger partial charge in [0.15, 0.2) is 9.84 Å². The molecule has 17 heavy (non-hydrogen) atoms. The normalized spacial score (nSPS) is 17.2. The molecule has 1 aliphatic rings. The van der Waals surface area contributed by atoms with Gasteiger partial charge in [-0.05, 0) is 25.0 Å². The summed E-state index contributed by atoms with van der Waals surface area (Å²) in [6, 6.07) is 5.53. The second-order valence-corrected chi connectivity index (χ2v) is 6.60. The van der Waals surface area contributed by atoms with Crippen LogP contribution in [0.25, 0.3) is 0 Å². The molecule has 0 amide bonds. The van der Waals surface area contributed by atoms with Gasteiger partial charge in [-0.15, -0.1) is 0 Å². The summed E-state index contributed by atoms with van der Waals surface area (Å²) in [5, 5.41) is 3.33. The quantitative estimate of drug-likeness (QED) is 0.809. The first-order valence-corrected chi connectivity index (χ1v) is 7.72. The monoisotopic (exact) mass is 254 g/mol. The molecule has 1 aromatic rings. The Morgan fingerprint density at radius 3 is 2.53 bits per heavy atom. The van der Waals surface area contributed by atoms with Crippen LogP contribution in [0.4, 0.5) is 11.4 Å². The van der Waals surface area contributed by atoms with Gasteiger partial charge in [0.2, 0.25) is 0 Å². The van der Waals surface area contributed by atoms with E-state index in [2.05, 4.69) is 5.32 Å². The summed E-state index contributed by atoms with van der Waals surface area (Å²) in [7, 11) is -3.25. The highest BCUT2D eigenvalue weighted by atomic mass is 32.2. The first-order chi connectivity index (χ1) is 7.98. The smallest absolute Gasteiger partial charge is 0.177 e. The van der Waals surface area contributed by atoms with Crippen LogP contribution in [0.1, 0.15) is 25.7 Å². The van der Waals surface area contributed by atoms with Crippen LogP contribution in [0.2, 0.25) is 0 Å². The number of nitrogens with two attached hydrogens (primary N) is 1. The van der Waals surface area contributed by atoms with Crippen molar-refractivity contribution in [2.75, 3.05) is 17.3 Å². The summed E-state index contributed by atoms with van der Waals surface area (Å²) in [6.07, 6.45) is 5.88. The molecular weight excluding hydrogens is 236 g/mol. The number of nitrogens with one attached hydrogen (secondary N) is 1. The Balaban J connectivity index is 2.29. The average Bonchev–Trinajstić information content (AvgIpc) is 2.72. The largest absolute Gasteiger partial charge is 0.396 e. The number of nitrogen functional groups attached to an aromatic ring is 1. The van der Waals surface area contributed by atoms with Crippen molar-refractivity contribution in [2.45, 2.75) is 36.6 Å². The van der Waals surface area contributed by atoms with Gasteiger partial charge in [0, 0.05) is 12.3 Å². The molecule has 1 aromatic carbocycles. The van der Waals surface area contributed by atoms with Gasteiger partial charge < -0.3 is 11.1 Å². The van der Waals surface area contributed by atoms with Gasteiger partial charge in [-0.3, -0.25) is 0 Å². The molecule has 1 aliphatic carbocycles. The lowest BCUT2D eigenvalue weighted by Gasteiger charge is -2.16. The topological polar surface area (TPSA) is 72.2 Å². The van der Waals surface area contributed by atoms with E-state index in [0.717, 1.165) is 18.5 Å². The summed E-state index contributed by atoms with van der Waals surface area (Å²) in [6.45, 7) is 0. The lowest BCUT2D eigenvalue weighted by molar-refractivity contribution is 0.602. The minimum absolute atomic E-state index is 0.209. The summed E-state index contributed by atoms with van der Waals surface area (Å²) in [4.78, 5) is 0.209. The average molecular weight is 254 g/mol. The van der Waals surface area contributed by atoms with E-state index in [1.54, 1.807) is 12.1 Å². The van der Waals surface area contributed by atoms with Gasteiger partial charge in [-0.1, -0.05) is 18.9 Å². The molecule has 0 bridgehead atoms. The second-order valence-electron chi connectivity index (χ2n) is 4.62. The molecule has 0 aliphatic heterocycles. The van der Waals surface area contributed by atoms with E-state index in [9.17, 15) is 8.42 Å². The van der Waals surface area contributed by atoms with E-state index in [1.807, 2.05) is 6.07 Å². The van der Waals surface area contributed by atoms with Crippen molar-refractivity contribution in [1.82, 2.24) is 0 Å². The predicted octanol–water partition coefficient (Wildman–Crippen LogP) is 2.03. The Labute approximate surface area is 102 Å². The number of rotatable bonds is 3. The van der Waals surface area contributed by atoms with Crippen LogP contribution < -0.4 is 11.1 Å². The zero-order valence-corrected chi connectivity index (χ0v) is 10.8. The van der Waals surface area contributed by atoms with Crippen LogP contribution in [0.15, 0.2) is 23.1 Å². The standard InChI is InChI=1S/C12H18N2O2S/c1-17(15,16)11-8-4-7-10(12(11)13)14-9-5-2-3-6-9/h4,7-9,14H,2-3,5-6,13H2,1H3. The first kappa shape index (κ1) is 12.2. The highest BCUT2D eigenvalue weighted by Crippen LogP contribution is 2.29. The summed E-state index contributed by atoms with van der Waals surface area (Å²) in [5.41, 5.74) is 6.98. The van der Waals surface area contributed by atoms with Crippen LogP contribution in [0.5, 0.6) is 0 Å². The third-order valence-corrected chi connectivity index (χ3v) is 4.34. The van der Waals surface area contributed by atoms with Crippen molar-refractivity contribution in [1.29, 1.82) is 0 Å². The van der Waals surface area contributed by atoms with Crippen molar-refractivity contribution in [3.63, 3.8) is 0 Å². The number of hydrogen-bond acceptors (Lipinski definition) is 4. The zero-order valence-electron chi connectivity index (χ0n) is 9.94. The van der Waals surface area contributed by atoms with Crippen LogP contribution in [-0.2, 0) is 9.84 Å². The minimum Gasteiger partial charge on any atom is -0.396 e. The molecule has 2 rings (SSSR count). The minimum atomic E-state index is -3.25. The van der Waals surface area contributed by atoms with E-state index >= 15 is 0 Å². The fourth-order valence-electron chi connectivity index (χ4n) is 2.28. The van der Waals surface area contributed by atoms with Gasteiger partial charge >= 0.3 is 0 Å². The lowest BCUT2D eigenvalue weighted by Crippen LogP contribution is -2.16. The maximum Gasteiger partial charge on any atom is 0.177 e. The van der Waals surface area contributed by atoms with Gasteiger partial charge in [-0.25, -0.2) is 8.42 Å². The molecule has 4 nitrogen and oxygen atoms in total. The van der Waals surface area contributed by atoms with E-state index in [4.69, 9.17) is 5.73 Å². The van der Waals surface area contributed by atoms with Gasteiger partial charge in [0.05, 0.1) is 16.3 Å². The third-order valence-electron chi connectivity index (χ3n) is 3.18. The Kier molecular flexibility index (Phi) is 3.28. The van der Waals surface area contributed by atoms with Crippen molar-refractivity contribution < 1.29 is 8.42 Å². The lowest BCUT2D eigenvalue weighted by atomic mass is 10.2. The summed E-state index contributed by atoms with van der Waals surface area (Å²) >= 11 is 0. The second kappa shape index (κ2) is 4.56. The maximum atomic E-state index is 11.5. The molecule has 0 unspecified atom stereocenters. The van der Waals surface area contributed by atoms with E-state index in [-0.39, 0.29) is 4.90 Å². The number of sulfone groups is 1. The summed E-state index contributed by atoms with van der Waals surface area (Å²) in [5.74, 6) is 0. The van der Waals surface area contributed by atoms with E-state index in [1.165, 1.54) is 19.1 Å². The molecule has 0 spiro atoms. The van der Waals surface area contributed by atoms with E-state index in [0.29, 0.717) is 11.7 Å². The summed E-state index contributed by atoms with van der Waals surface area (Å²) < 4.78 is 23.1. The molecule has 1 saturated carbocycles. The molecular formula is C12H18N2O2S. The Morgan fingerprint density at radius 1 is 1.29 bits per heavy atom. The first-order valence-electron chi connectivity index (χ1n) is 5.83. The zero-order chi connectivity index (χ0) is 12.5. The van der Waals surface area contributed by atoms with Crippen molar-refractivity contribution in [2.24, 2.45) is 0 Å². The molecule has 94 valence electrons. The number of benzene rings is 1. The predicted molar refractivity (Wildman–Crippen MR) is 69.8 cm³/mol. The SMILES string of the molecule is CS(=O)(=O)c1cccc(NC2CCCC2)c1N. The van der Waals surface area contributed by atoms with Crippen LogP contribution in [0, 0.1) is 0 Å². The fourth-order valence-corrected chi connectivity index (χ4v) is 3.12. The Morgan fingerprint density at radius 2 is 1.94 bits per heavy atom. The number of anilines is 2. The molecule has 0 radical (unpaired) electrons. The van der Waals surface area contributed by atoms with Crippen LogP contribution in [0.3, 0.4) is 0 Å². The van der Waals surface area contributed by atoms with Crippen molar-refractivity contribution >= 4 is 21.2 Å². The van der Waals surface area contributed by atoms with Gasteiger partial charge in [-0.2, -0.15) is 0 Å². The van der Waals surface area contributed by atoms with Crippen molar-refractivity contribution in [3.8, 4) is 0 Å². The van der Waals surface area contributed by atoms with Crippen LogP contribution in [-0.4, -0.2) is 20.7 Å². The molecule has 0 aromatic heterocycles. The molecule has 5 heteroatoms. The highest BCUT2D eigenvalue weighted by Gasteiger charge is 2.18. The van der Waals surface area contributed by atoms with Crippen LogP contribution >= 0.6 is 0 Å². The van der Waals surface area contributed by atoms with Gasteiger partial charge in [0.25, 0.3) is 0 Å². The van der Waals surface area contributed by atoms with E-state index < -0.39 is 9.84 Å². The van der Waals surface area contributed by atoms with Crippen molar-refractivity contribution in [3.05, 3.63) is 18.2 Å². The molecule has 0 heterocycles. The molecule has 3 N–H and O–H groups in total. The fraction of sp³-hybridized carbons (Fsp3) is 0.500. The number of hydrogen-bond donors (Lipinski definition) is 2. The molecule has 1 fully saturated rings. The highest BCUT2D eigenvalue weighted by molar-refractivity contribution is 7.90.